The van der Waals surface area contributed by atoms with Crippen molar-refractivity contribution in [3.05, 3.63) is 93.5 Å². The summed E-state index contributed by atoms with van der Waals surface area (Å²) in [5.74, 6) is 0.738. The van der Waals surface area contributed by atoms with Gasteiger partial charge in [0.1, 0.15) is 6.61 Å². The summed E-state index contributed by atoms with van der Waals surface area (Å²) in [4.78, 5) is 22.5. The normalized spacial score (nSPS) is 10.6. The lowest BCUT2D eigenvalue weighted by Gasteiger charge is -2.15. The molecule has 32 heavy (non-hydrogen) atoms. The van der Waals surface area contributed by atoms with E-state index < -0.39 is 10.8 Å². The van der Waals surface area contributed by atoms with E-state index in [1.165, 1.54) is 44.7 Å². The Hall–Kier alpha value is -4.40. The molecule has 3 aromatic carbocycles. The van der Waals surface area contributed by atoms with E-state index in [4.69, 9.17) is 14.2 Å². The molecule has 0 fully saturated rings. The van der Waals surface area contributed by atoms with Gasteiger partial charge in [0, 0.05) is 23.3 Å². The van der Waals surface area contributed by atoms with Crippen molar-refractivity contribution in [2.45, 2.75) is 6.61 Å². The third-order valence-corrected chi connectivity index (χ3v) is 4.41. The van der Waals surface area contributed by atoms with Crippen LogP contribution in [0.15, 0.2) is 71.8 Å². The lowest BCUT2D eigenvalue weighted by Crippen LogP contribution is -2.17. The molecule has 0 atom stereocenters. The Kier molecular flexibility index (Phi) is 7.37. The molecule has 0 aliphatic rings. The molecule has 1 N–H and O–H groups in total. The molecule has 3 rings (SSSR count). The number of hydrogen-bond donors (Lipinski definition) is 1. The number of methoxy groups -OCH3 is 2. The summed E-state index contributed by atoms with van der Waals surface area (Å²) in [5.41, 5.74) is 3.87. The highest BCUT2D eigenvalue weighted by Gasteiger charge is 2.14. The fraction of sp³-hybridized carbons (Fsp3) is 0.130. The lowest BCUT2D eigenvalue weighted by atomic mass is 10.2. The third-order valence-electron chi connectivity index (χ3n) is 4.41. The molecule has 0 aliphatic carbocycles. The summed E-state index contributed by atoms with van der Waals surface area (Å²) in [6.07, 6.45) is 1.40. The quantitative estimate of drug-likeness (QED) is 0.309. The Morgan fingerprint density at radius 3 is 2.34 bits per heavy atom. The average molecular weight is 435 g/mol. The van der Waals surface area contributed by atoms with E-state index in [9.17, 15) is 14.9 Å². The number of nitrogens with zero attached hydrogens (tertiary/aromatic N) is 2. The number of benzene rings is 3. The highest BCUT2D eigenvalue weighted by atomic mass is 16.6. The fourth-order valence-electron chi connectivity index (χ4n) is 2.84. The minimum atomic E-state index is -0.577. The van der Waals surface area contributed by atoms with Gasteiger partial charge in [-0.25, -0.2) is 5.43 Å². The van der Waals surface area contributed by atoms with Crippen LogP contribution < -0.4 is 19.6 Å². The number of amides is 1. The van der Waals surface area contributed by atoms with Crippen LogP contribution in [-0.2, 0) is 6.61 Å². The topological polar surface area (TPSA) is 112 Å². The van der Waals surface area contributed by atoms with Crippen molar-refractivity contribution in [2.24, 2.45) is 5.10 Å². The molecule has 0 unspecified atom stereocenters. The Morgan fingerprint density at radius 2 is 1.72 bits per heavy atom. The van der Waals surface area contributed by atoms with Crippen LogP contribution >= 0.6 is 0 Å². The van der Waals surface area contributed by atoms with Gasteiger partial charge in [-0.15, -0.1) is 0 Å². The van der Waals surface area contributed by atoms with Gasteiger partial charge >= 0.3 is 0 Å². The summed E-state index contributed by atoms with van der Waals surface area (Å²) < 4.78 is 16.8. The summed E-state index contributed by atoms with van der Waals surface area (Å²) >= 11 is 0. The van der Waals surface area contributed by atoms with Crippen LogP contribution in [0, 0.1) is 10.1 Å². The van der Waals surface area contributed by atoms with Crippen molar-refractivity contribution >= 4 is 17.8 Å². The number of nitro groups is 1. The van der Waals surface area contributed by atoms with Gasteiger partial charge in [0.05, 0.1) is 25.4 Å². The molecule has 0 radical (unpaired) electrons. The van der Waals surface area contributed by atoms with Gasteiger partial charge in [-0.2, -0.15) is 5.10 Å². The molecule has 3 aromatic rings. The smallest absolute Gasteiger partial charge is 0.271 e. The van der Waals surface area contributed by atoms with Crippen LogP contribution in [0.1, 0.15) is 21.5 Å². The van der Waals surface area contributed by atoms with Crippen LogP contribution in [0.2, 0.25) is 0 Å². The second kappa shape index (κ2) is 10.6. The summed E-state index contributed by atoms with van der Waals surface area (Å²) in [7, 11) is 3.02. The SMILES string of the molecule is COc1cc(/C=N/NC(=O)c2cccc([N+](=O)[O-])c2)cc(OC)c1OCc1ccccc1. The zero-order valence-corrected chi connectivity index (χ0v) is 17.5. The first-order valence-corrected chi connectivity index (χ1v) is 9.52. The zero-order chi connectivity index (χ0) is 22.9. The number of ether oxygens (including phenoxy) is 3. The third kappa shape index (κ3) is 5.60. The highest BCUT2D eigenvalue weighted by molar-refractivity contribution is 5.95. The Labute approximate surface area is 184 Å². The van der Waals surface area contributed by atoms with Crippen molar-refractivity contribution in [2.75, 3.05) is 14.2 Å². The molecule has 0 saturated heterocycles. The van der Waals surface area contributed by atoms with Gasteiger partial charge in [0.15, 0.2) is 11.5 Å². The maximum atomic E-state index is 12.2. The molecule has 0 aromatic heterocycles. The van der Waals surface area contributed by atoms with Crippen LogP contribution in [0.25, 0.3) is 0 Å². The number of hydrogen-bond acceptors (Lipinski definition) is 7. The molecule has 1 amide bonds. The molecule has 0 spiro atoms. The van der Waals surface area contributed by atoms with Gasteiger partial charge in [-0.1, -0.05) is 36.4 Å². The zero-order valence-electron chi connectivity index (χ0n) is 17.5. The highest BCUT2D eigenvalue weighted by Crippen LogP contribution is 2.38. The molecule has 9 heteroatoms. The van der Waals surface area contributed by atoms with E-state index in [1.807, 2.05) is 30.3 Å². The van der Waals surface area contributed by atoms with Crippen molar-refractivity contribution < 1.29 is 23.9 Å². The lowest BCUT2D eigenvalue weighted by molar-refractivity contribution is -0.384. The van der Waals surface area contributed by atoms with Crippen molar-refractivity contribution in [1.82, 2.24) is 5.43 Å². The Morgan fingerprint density at radius 1 is 1.03 bits per heavy atom. The first-order valence-electron chi connectivity index (χ1n) is 9.52. The first kappa shape index (κ1) is 22.3. The number of nitro benzene ring substituents is 1. The van der Waals surface area contributed by atoms with Crippen molar-refractivity contribution in [3.63, 3.8) is 0 Å². The van der Waals surface area contributed by atoms with E-state index >= 15 is 0 Å². The molecule has 0 aliphatic heterocycles. The van der Waals surface area contributed by atoms with E-state index in [0.29, 0.717) is 29.4 Å². The fourth-order valence-corrected chi connectivity index (χ4v) is 2.84. The Balaban J connectivity index is 1.73. The predicted octanol–water partition coefficient (Wildman–Crippen LogP) is 3.95. The maximum absolute atomic E-state index is 12.2. The van der Waals surface area contributed by atoms with E-state index in [1.54, 1.807) is 12.1 Å². The van der Waals surface area contributed by atoms with Gasteiger partial charge in [0.2, 0.25) is 5.75 Å². The molecule has 164 valence electrons. The van der Waals surface area contributed by atoms with Crippen LogP contribution in [0.5, 0.6) is 17.2 Å². The van der Waals surface area contributed by atoms with Gasteiger partial charge in [-0.3, -0.25) is 14.9 Å². The minimum absolute atomic E-state index is 0.121. The van der Waals surface area contributed by atoms with Gasteiger partial charge in [-0.05, 0) is 23.8 Å². The average Bonchev–Trinajstić information content (AvgIpc) is 2.83. The summed E-state index contributed by atoms with van der Waals surface area (Å²) in [6.45, 7) is 0.334. The molecule has 0 bridgehead atoms. The minimum Gasteiger partial charge on any atom is -0.493 e. The molecule has 0 heterocycles. The number of carbonyl (C=O) groups excluding carboxylic acids is 1. The second-order valence-corrected chi connectivity index (χ2v) is 6.54. The standard InChI is InChI=1S/C23H21N3O6/c1-30-20-11-17(12-21(31-2)22(20)32-15-16-7-4-3-5-8-16)14-24-25-23(27)18-9-6-10-19(13-18)26(28)29/h3-14H,15H2,1-2H3,(H,25,27)/b24-14+. The Bertz CT molecular complexity index is 1110. The van der Waals surface area contributed by atoms with E-state index in [-0.39, 0.29) is 11.3 Å². The number of non-ortho nitro benzene ring substituents is 1. The molecule has 0 saturated carbocycles. The molecular weight excluding hydrogens is 414 g/mol. The van der Waals surface area contributed by atoms with Crippen molar-refractivity contribution in [3.8, 4) is 17.2 Å². The summed E-state index contributed by atoms with van der Waals surface area (Å²) in [6, 6.07) is 18.4. The second-order valence-electron chi connectivity index (χ2n) is 6.54. The number of nitrogens with one attached hydrogen (secondary N) is 1. The number of carbonyl (C=O) groups is 1. The van der Waals surface area contributed by atoms with E-state index in [0.717, 1.165) is 5.56 Å². The maximum Gasteiger partial charge on any atom is 0.271 e. The van der Waals surface area contributed by atoms with Gasteiger partial charge < -0.3 is 14.2 Å². The van der Waals surface area contributed by atoms with Gasteiger partial charge in [0.25, 0.3) is 11.6 Å². The molecular formula is C23H21N3O6. The number of hydrazone groups is 1. The van der Waals surface area contributed by atoms with Crippen LogP contribution in [-0.4, -0.2) is 31.3 Å². The monoisotopic (exact) mass is 435 g/mol. The summed E-state index contributed by atoms with van der Waals surface area (Å²) in [5, 5.41) is 14.8. The predicted molar refractivity (Wildman–Crippen MR) is 118 cm³/mol. The molecule has 9 nitrogen and oxygen atoms in total. The first-order chi connectivity index (χ1) is 15.5. The largest absolute Gasteiger partial charge is 0.493 e. The number of rotatable bonds is 9. The van der Waals surface area contributed by atoms with Crippen molar-refractivity contribution in [1.29, 1.82) is 0 Å². The van der Waals surface area contributed by atoms with Crippen LogP contribution in [0.3, 0.4) is 0 Å². The van der Waals surface area contributed by atoms with Crippen LogP contribution in [0.4, 0.5) is 5.69 Å². The van der Waals surface area contributed by atoms with E-state index in [2.05, 4.69) is 10.5 Å².